The molecule has 0 aliphatic heterocycles. The normalized spacial score (nSPS) is 12.2. The fraction of sp³-hybridized carbons (Fsp3) is 0.462. The molecule has 1 aromatic carbocycles. The zero-order valence-electron chi connectivity index (χ0n) is 11.1. The molecule has 0 radical (unpaired) electrons. The second kappa shape index (κ2) is 5.12. The maximum absolute atomic E-state index is 11.7. The summed E-state index contributed by atoms with van der Waals surface area (Å²) in [5.74, 6) is -0.357. The Morgan fingerprint density at radius 2 is 2.00 bits per heavy atom. The third-order valence-corrected chi connectivity index (χ3v) is 4.49. The lowest BCUT2D eigenvalue weighted by Gasteiger charge is -2.15. The highest BCUT2D eigenvalue weighted by Crippen LogP contribution is 2.12. The molecule has 0 unspecified atom stereocenters. The van der Waals surface area contributed by atoms with Crippen molar-refractivity contribution in [1.82, 2.24) is 4.57 Å². The zero-order valence-corrected chi connectivity index (χ0v) is 12.1. The van der Waals surface area contributed by atoms with Crippen LogP contribution in [0.5, 0.6) is 0 Å². The number of para-hydroxylation sites is 2. The molecule has 1 heterocycles. The van der Waals surface area contributed by atoms with Crippen LogP contribution in [0.2, 0.25) is 25.7 Å². The van der Waals surface area contributed by atoms with Crippen molar-refractivity contribution in [2.24, 2.45) is 0 Å². The van der Waals surface area contributed by atoms with Crippen molar-refractivity contribution in [1.29, 1.82) is 0 Å². The summed E-state index contributed by atoms with van der Waals surface area (Å²) in [5.41, 5.74) is 1.40. The van der Waals surface area contributed by atoms with Crippen molar-refractivity contribution in [3.63, 3.8) is 0 Å². The fourth-order valence-corrected chi connectivity index (χ4v) is 2.43. The molecule has 2 aromatic rings. The monoisotopic (exact) mass is 265 g/mol. The number of hydrogen-bond donors (Lipinski definition) is 0. The fourth-order valence-electron chi connectivity index (χ4n) is 1.67. The molecule has 0 aliphatic rings. The van der Waals surface area contributed by atoms with Gasteiger partial charge in [-0.3, -0.25) is 0 Å². The van der Waals surface area contributed by atoms with Crippen LogP contribution in [-0.4, -0.2) is 19.2 Å². The Morgan fingerprint density at radius 1 is 1.28 bits per heavy atom. The predicted octanol–water partition coefficient (Wildman–Crippen LogP) is 2.91. The van der Waals surface area contributed by atoms with Crippen LogP contribution < -0.4 is 5.76 Å². The quantitative estimate of drug-likeness (QED) is 0.617. The molecule has 0 N–H and O–H groups in total. The molecule has 0 atom stereocenters. The third-order valence-electron chi connectivity index (χ3n) is 2.79. The molecule has 0 amide bonds. The standard InChI is InChI=1S/C13H19NO3Si/c1-18(2,3)9-8-16-10-14-11-6-4-5-7-12(11)17-13(14)15/h4-7H,8-10H2,1-3H3. The van der Waals surface area contributed by atoms with Gasteiger partial charge in [0, 0.05) is 14.7 Å². The van der Waals surface area contributed by atoms with Gasteiger partial charge in [-0.05, 0) is 18.2 Å². The number of aromatic nitrogens is 1. The lowest BCUT2D eigenvalue weighted by atomic mass is 10.3. The van der Waals surface area contributed by atoms with Gasteiger partial charge in [-0.2, -0.15) is 0 Å². The average molecular weight is 265 g/mol. The van der Waals surface area contributed by atoms with E-state index in [1.54, 1.807) is 6.07 Å². The molecule has 0 saturated carbocycles. The van der Waals surface area contributed by atoms with Crippen LogP contribution >= 0.6 is 0 Å². The summed E-state index contributed by atoms with van der Waals surface area (Å²) >= 11 is 0. The van der Waals surface area contributed by atoms with E-state index in [0.717, 1.165) is 11.6 Å². The van der Waals surface area contributed by atoms with Crippen molar-refractivity contribution >= 4 is 19.2 Å². The van der Waals surface area contributed by atoms with E-state index in [0.29, 0.717) is 12.2 Å². The van der Waals surface area contributed by atoms with Gasteiger partial charge in [-0.25, -0.2) is 9.36 Å². The summed E-state index contributed by atoms with van der Waals surface area (Å²) in [6, 6.07) is 8.48. The summed E-state index contributed by atoms with van der Waals surface area (Å²) in [4.78, 5) is 11.7. The van der Waals surface area contributed by atoms with E-state index in [1.165, 1.54) is 4.57 Å². The Bertz CT molecular complexity index is 580. The number of hydrogen-bond acceptors (Lipinski definition) is 3. The van der Waals surface area contributed by atoms with E-state index >= 15 is 0 Å². The predicted molar refractivity (Wildman–Crippen MR) is 74.6 cm³/mol. The molecule has 0 fully saturated rings. The highest BCUT2D eigenvalue weighted by Gasteiger charge is 2.13. The molecule has 0 bridgehead atoms. The lowest BCUT2D eigenvalue weighted by molar-refractivity contribution is 0.0850. The molecular weight excluding hydrogens is 246 g/mol. The number of oxazole rings is 1. The van der Waals surface area contributed by atoms with Crippen LogP contribution in [0, 0.1) is 0 Å². The zero-order chi connectivity index (χ0) is 13.2. The molecular formula is C13H19NO3Si. The van der Waals surface area contributed by atoms with Crippen LogP contribution in [-0.2, 0) is 11.5 Å². The van der Waals surface area contributed by atoms with E-state index in [-0.39, 0.29) is 12.5 Å². The second-order valence-electron chi connectivity index (χ2n) is 5.61. The van der Waals surface area contributed by atoms with E-state index in [4.69, 9.17) is 9.15 Å². The Kier molecular flexibility index (Phi) is 3.73. The van der Waals surface area contributed by atoms with Crippen LogP contribution in [0.25, 0.3) is 11.1 Å². The summed E-state index contributed by atoms with van der Waals surface area (Å²) in [6.07, 6.45) is 0. The van der Waals surface area contributed by atoms with Crippen molar-refractivity contribution in [3.8, 4) is 0 Å². The van der Waals surface area contributed by atoms with Gasteiger partial charge in [0.15, 0.2) is 5.58 Å². The Hall–Kier alpha value is -1.33. The van der Waals surface area contributed by atoms with Gasteiger partial charge in [-0.1, -0.05) is 31.8 Å². The molecule has 98 valence electrons. The summed E-state index contributed by atoms with van der Waals surface area (Å²) in [5, 5.41) is 0. The third kappa shape index (κ3) is 3.11. The van der Waals surface area contributed by atoms with Crippen LogP contribution in [0.3, 0.4) is 0 Å². The number of rotatable bonds is 5. The van der Waals surface area contributed by atoms with E-state index in [2.05, 4.69) is 19.6 Å². The van der Waals surface area contributed by atoms with Gasteiger partial charge in [0.2, 0.25) is 0 Å². The number of benzene rings is 1. The van der Waals surface area contributed by atoms with Gasteiger partial charge in [0.25, 0.3) is 0 Å². The largest absolute Gasteiger partial charge is 0.421 e. The average Bonchev–Trinajstić information content (AvgIpc) is 2.59. The lowest BCUT2D eigenvalue weighted by Crippen LogP contribution is -2.23. The Labute approximate surface area is 107 Å². The number of nitrogens with zero attached hydrogens (tertiary/aromatic N) is 1. The maximum atomic E-state index is 11.7. The summed E-state index contributed by atoms with van der Waals surface area (Å²) in [7, 11) is -1.08. The SMILES string of the molecule is C[Si](C)(C)CCOCn1c(=O)oc2ccccc21. The molecule has 18 heavy (non-hydrogen) atoms. The minimum absolute atomic E-state index is 0.264. The van der Waals surface area contributed by atoms with Crippen LogP contribution in [0.1, 0.15) is 0 Å². The number of fused-ring (bicyclic) bond motifs is 1. The van der Waals surface area contributed by atoms with Gasteiger partial charge in [-0.15, -0.1) is 0 Å². The van der Waals surface area contributed by atoms with Crippen molar-refractivity contribution in [3.05, 3.63) is 34.8 Å². The first kappa shape index (κ1) is 13.1. The summed E-state index contributed by atoms with van der Waals surface area (Å²) < 4.78 is 12.2. The molecule has 0 saturated heterocycles. The van der Waals surface area contributed by atoms with Crippen molar-refractivity contribution in [2.45, 2.75) is 32.4 Å². The van der Waals surface area contributed by atoms with Crippen molar-refractivity contribution in [2.75, 3.05) is 6.61 Å². The molecule has 4 nitrogen and oxygen atoms in total. The first-order valence-corrected chi connectivity index (χ1v) is 9.84. The molecule has 0 aliphatic carbocycles. The molecule has 2 rings (SSSR count). The number of ether oxygens (including phenoxy) is 1. The van der Waals surface area contributed by atoms with E-state index in [9.17, 15) is 4.79 Å². The Balaban J connectivity index is 2.04. The molecule has 0 spiro atoms. The van der Waals surface area contributed by atoms with E-state index in [1.807, 2.05) is 18.2 Å². The molecule has 1 aromatic heterocycles. The van der Waals surface area contributed by atoms with E-state index < -0.39 is 8.07 Å². The highest BCUT2D eigenvalue weighted by molar-refractivity contribution is 6.76. The van der Waals surface area contributed by atoms with Gasteiger partial charge >= 0.3 is 5.76 Å². The van der Waals surface area contributed by atoms with Gasteiger partial charge in [0.05, 0.1) is 5.52 Å². The first-order chi connectivity index (χ1) is 8.47. The van der Waals surface area contributed by atoms with Gasteiger partial charge < -0.3 is 9.15 Å². The first-order valence-electron chi connectivity index (χ1n) is 6.13. The van der Waals surface area contributed by atoms with Crippen molar-refractivity contribution < 1.29 is 9.15 Å². The second-order valence-corrected chi connectivity index (χ2v) is 11.2. The summed E-state index contributed by atoms with van der Waals surface area (Å²) in [6.45, 7) is 7.86. The van der Waals surface area contributed by atoms with Crippen LogP contribution in [0.4, 0.5) is 0 Å². The smallest absolute Gasteiger partial charge is 0.408 e. The molecule has 5 heteroatoms. The highest BCUT2D eigenvalue weighted by atomic mass is 28.3. The minimum Gasteiger partial charge on any atom is -0.408 e. The van der Waals surface area contributed by atoms with Gasteiger partial charge in [0.1, 0.15) is 6.73 Å². The Morgan fingerprint density at radius 3 is 2.72 bits per heavy atom. The topological polar surface area (TPSA) is 44.4 Å². The maximum Gasteiger partial charge on any atom is 0.421 e. The minimum atomic E-state index is -1.08. The van der Waals surface area contributed by atoms with Crippen LogP contribution in [0.15, 0.2) is 33.5 Å².